The minimum Gasteiger partial charge on any atom is -0.444 e. The second-order valence-corrected chi connectivity index (χ2v) is 15.6. The highest BCUT2D eigenvalue weighted by Crippen LogP contribution is 2.31. The minimum absolute atomic E-state index is 0.0715. The summed E-state index contributed by atoms with van der Waals surface area (Å²) in [7, 11) is 1.70. The van der Waals surface area contributed by atoms with Gasteiger partial charge in [-0.05, 0) is 69.7 Å². The van der Waals surface area contributed by atoms with Crippen LogP contribution in [0.5, 0.6) is 0 Å². The Hall–Kier alpha value is -4.53. The average Bonchev–Trinajstić information content (AvgIpc) is 3.66. The van der Waals surface area contributed by atoms with Crippen molar-refractivity contribution in [2.75, 3.05) is 39.3 Å². The highest BCUT2D eigenvalue weighted by Gasteiger charge is 2.47. The number of amides is 4. The molecule has 0 bridgehead atoms. The molecule has 4 atom stereocenters. The molecule has 53 heavy (non-hydrogen) atoms. The number of aromatic nitrogens is 2. The highest BCUT2D eigenvalue weighted by atomic mass is 16.6. The van der Waals surface area contributed by atoms with Crippen molar-refractivity contribution < 1.29 is 33.4 Å². The van der Waals surface area contributed by atoms with Gasteiger partial charge in [0, 0.05) is 46.2 Å². The van der Waals surface area contributed by atoms with Gasteiger partial charge in [-0.3, -0.25) is 38.6 Å². The molecule has 0 spiro atoms. The molecule has 3 aromatic rings. The van der Waals surface area contributed by atoms with Gasteiger partial charge in [-0.2, -0.15) is 0 Å². The first-order valence-corrected chi connectivity index (χ1v) is 18.7. The molecule has 0 radical (unpaired) electrons. The third-order valence-electron chi connectivity index (χ3n) is 10.8. The number of aryl methyl sites for hydroxylation is 1. The molecule has 1 N–H and O–H groups in total. The Bertz CT molecular complexity index is 1910. The van der Waals surface area contributed by atoms with Gasteiger partial charge in [0.25, 0.3) is 0 Å². The summed E-state index contributed by atoms with van der Waals surface area (Å²) < 4.78 is 21.5. The normalized spacial score (nSPS) is 24.8. The Morgan fingerprint density at radius 2 is 1.68 bits per heavy atom. The van der Waals surface area contributed by atoms with Crippen molar-refractivity contribution in [2.24, 2.45) is 7.05 Å². The van der Waals surface area contributed by atoms with E-state index in [-0.39, 0.29) is 36.1 Å². The first kappa shape index (κ1) is 36.8. The highest BCUT2D eigenvalue weighted by molar-refractivity contribution is 6.00. The maximum absolute atomic E-state index is 14.3. The van der Waals surface area contributed by atoms with Crippen LogP contribution < -0.4 is 11.0 Å². The molecule has 0 saturated carbocycles. The zero-order chi connectivity index (χ0) is 37.4. The van der Waals surface area contributed by atoms with Crippen molar-refractivity contribution in [3.63, 3.8) is 0 Å². The van der Waals surface area contributed by atoms with E-state index in [2.05, 4.69) is 10.2 Å². The van der Waals surface area contributed by atoms with Crippen molar-refractivity contribution in [2.45, 2.75) is 95.4 Å². The topological polar surface area (TPSA) is 145 Å². The summed E-state index contributed by atoms with van der Waals surface area (Å²) in [5, 5.41) is 2.36. The molecule has 284 valence electrons. The summed E-state index contributed by atoms with van der Waals surface area (Å²) in [6, 6.07) is 14.2. The van der Waals surface area contributed by atoms with Gasteiger partial charge >= 0.3 is 11.8 Å². The van der Waals surface area contributed by atoms with Crippen molar-refractivity contribution in [1.29, 1.82) is 0 Å². The number of morpholine rings is 1. The molecular weight excluding hydrogens is 680 g/mol. The molecule has 4 aliphatic heterocycles. The van der Waals surface area contributed by atoms with Gasteiger partial charge in [0.2, 0.25) is 17.7 Å². The van der Waals surface area contributed by atoms with E-state index >= 15 is 0 Å². The van der Waals surface area contributed by atoms with Crippen LogP contribution in [0.25, 0.3) is 11.0 Å². The first-order chi connectivity index (χ1) is 25.4. The van der Waals surface area contributed by atoms with Crippen molar-refractivity contribution in [1.82, 2.24) is 29.2 Å². The predicted octanol–water partition coefficient (Wildman–Crippen LogP) is 3.28. The molecular formula is C39H50N6O8. The number of hydrogen-bond acceptors (Lipinski definition) is 9. The number of imide groups is 1. The number of fused-ring (bicyclic) bond motifs is 1. The monoisotopic (exact) mass is 730 g/mol. The summed E-state index contributed by atoms with van der Waals surface area (Å²) >= 11 is 0. The van der Waals surface area contributed by atoms with Crippen LogP contribution >= 0.6 is 0 Å². The van der Waals surface area contributed by atoms with Gasteiger partial charge in [0.1, 0.15) is 23.8 Å². The molecule has 4 amide bonds. The lowest BCUT2D eigenvalue weighted by Crippen LogP contribution is -2.56. The zero-order valence-electron chi connectivity index (χ0n) is 31.0. The fraction of sp³-hybridized carbons (Fsp3) is 0.564. The fourth-order valence-corrected chi connectivity index (χ4v) is 8.08. The Labute approximate surface area is 308 Å². The molecule has 4 aliphatic rings. The SMILES string of the molecule is Cn1c(=O)n(C2CCC(=O)NC2=O)c2ccc(CN3CCC(O[C@@H]4CCN(C(=O)OC(C)(C)C)[C@@H]4C(=O)N4CCO[C@H](c5ccccc5)C4)CC3)cc21. The minimum atomic E-state index is -0.789. The van der Waals surface area contributed by atoms with Gasteiger partial charge < -0.3 is 19.1 Å². The van der Waals surface area contributed by atoms with E-state index in [0.29, 0.717) is 51.1 Å². The molecule has 1 unspecified atom stereocenters. The number of benzene rings is 2. The van der Waals surface area contributed by atoms with E-state index in [0.717, 1.165) is 42.6 Å². The van der Waals surface area contributed by atoms with Gasteiger partial charge in [-0.25, -0.2) is 9.59 Å². The number of imidazole rings is 1. The maximum Gasteiger partial charge on any atom is 0.411 e. The van der Waals surface area contributed by atoms with E-state index in [4.69, 9.17) is 14.2 Å². The van der Waals surface area contributed by atoms with E-state index in [1.54, 1.807) is 21.4 Å². The average molecular weight is 731 g/mol. The maximum atomic E-state index is 14.3. The lowest BCUT2D eigenvalue weighted by atomic mass is 10.0. The molecule has 2 aromatic carbocycles. The third-order valence-corrected chi connectivity index (χ3v) is 10.8. The second kappa shape index (κ2) is 15.1. The molecule has 14 nitrogen and oxygen atoms in total. The van der Waals surface area contributed by atoms with Crippen LogP contribution in [0, 0.1) is 0 Å². The Kier molecular flexibility index (Phi) is 10.5. The van der Waals surface area contributed by atoms with Crippen LogP contribution in [0.3, 0.4) is 0 Å². The molecule has 4 saturated heterocycles. The number of nitrogens with one attached hydrogen (secondary N) is 1. The first-order valence-electron chi connectivity index (χ1n) is 18.7. The third kappa shape index (κ3) is 7.90. The Morgan fingerprint density at radius 3 is 2.40 bits per heavy atom. The number of carbonyl (C=O) groups excluding carboxylic acids is 4. The quantitative estimate of drug-likeness (QED) is 0.363. The van der Waals surface area contributed by atoms with Gasteiger partial charge in [-0.1, -0.05) is 36.4 Å². The smallest absolute Gasteiger partial charge is 0.411 e. The van der Waals surface area contributed by atoms with E-state index in [9.17, 15) is 24.0 Å². The van der Waals surface area contributed by atoms with Gasteiger partial charge in [0.15, 0.2) is 0 Å². The van der Waals surface area contributed by atoms with Crippen LogP contribution in [0.2, 0.25) is 0 Å². The van der Waals surface area contributed by atoms with E-state index in [1.807, 2.05) is 69.3 Å². The lowest BCUT2D eigenvalue weighted by Gasteiger charge is -2.39. The summed E-state index contributed by atoms with van der Waals surface area (Å²) in [4.78, 5) is 70.9. The molecule has 5 heterocycles. The summed E-state index contributed by atoms with van der Waals surface area (Å²) in [5.74, 6) is -0.912. The Balaban J connectivity index is 1.00. The molecule has 14 heteroatoms. The molecule has 1 aromatic heterocycles. The second-order valence-electron chi connectivity index (χ2n) is 15.6. The predicted molar refractivity (Wildman–Crippen MR) is 195 cm³/mol. The Morgan fingerprint density at radius 1 is 0.925 bits per heavy atom. The lowest BCUT2D eigenvalue weighted by molar-refractivity contribution is -0.150. The summed E-state index contributed by atoms with van der Waals surface area (Å²) in [6.45, 7) is 9.32. The van der Waals surface area contributed by atoms with Crippen LogP contribution in [0.4, 0.5) is 4.79 Å². The summed E-state index contributed by atoms with van der Waals surface area (Å²) in [6.07, 6.45) is 1.28. The molecule has 4 fully saturated rings. The number of nitrogens with zero attached hydrogens (tertiary/aromatic N) is 5. The van der Waals surface area contributed by atoms with Crippen molar-refractivity contribution >= 4 is 34.8 Å². The van der Waals surface area contributed by atoms with Crippen molar-refractivity contribution in [3.8, 4) is 0 Å². The number of ether oxygens (including phenoxy) is 3. The molecule has 7 rings (SSSR count). The number of rotatable bonds is 7. The number of carbonyl (C=O) groups is 4. The zero-order valence-corrected chi connectivity index (χ0v) is 31.0. The van der Waals surface area contributed by atoms with Crippen LogP contribution in [0.15, 0.2) is 53.3 Å². The van der Waals surface area contributed by atoms with E-state index in [1.165, 1.54) is 4.57 Å². The standard InChI is InChI=1S/C39H50N6O8/c1-39(2,3)53-38(50)44-19-16-31(34(44)36(48)43-20-21-51-32(24-43)26-8-6-5-7-9-26)52-27-14-17-42(18-15-27)23-25-10-11-28-30(22-25)41(4)37(49)45(28)29-12-13-33(46)40-35(29)47/h5-11,22,27,29,31-32,34H,12-21,23-24H2,1-4H3,(H,40,46,47)/t29?,31-,32+,34+/m1/s1. The number of likely N-dealkylation sites (tertiary alicyclic amines) is 2. The van der Waals surface area contributed by atoms with Crippen LogP contribution in [0.1, 0.15) is 76.1 Å². The van der Waals surface area contributed by atoms with Gasteiger partial charge in [0.05, 0.1) is 36.4 Å². The number of piperidine rings is 2. The number of hydrogen-bond donors (Lipinski definition) is 1. The summed E-state index contributed by atoms with van der Waals surface area (Å²) in [5.41, 5.74) is 2.46. The van der Waals surface area contributed by atoms with E-state index < -0.39 is 35.8 Å². The molecule has 0 aliphatic carbocycles. The fourth-order valence-electron chi connectivity index (χ4n) is 8.08. The largest absolute Gasteiger partial charge is 0.444 e. The van der Waals surface area contributed by atoms with Crippen LogP contribution in [-0.2, 0) is 42.2 Å². The van der Waals surface area contributed by atoms with Crippen LogP contribution in [-0.4, -0.2) is 111 Å². The van der Waals surface area contributed by atoms with Gasteiger partial charge in [-0.15, -0.1) is 0 Å². The van der Waals surface area contributed by atoms with Crippen molar-refractivity contribution in [3.05, 3.63) is 70.1 Å².